The van der Waals surface area contributed by atoms with Gasteiger partial charge in [0.25, 0.3) is 0 Å². The Morgan fingerprint density at radius 3 is 1.69 bits per heavy atom. The molecule has 29 heavy (non-hydrogen) atoms. The first-order valence-electron chi connectivity index (χ1n) is 10.1. The van der Waals surface area contributed by atoms with E-state index in [1.807, 2.05) is 0 Å². The van der Waals surface area contributed by atoms with Crippen molar-refractivity contribution in [3.05, 3.63) is 125 Å². The van der Waals surface area contributed by atoms with Crippen molar-refractivity contribution in [1.82, 2.24) is 4.98 Å². The first kappa shape index (κ1) is 15.2. The van der Waals surface area contributed by atoms with Crippen LogP contribution in [0.1, 0.15) is 22.3 Å². The fourth-order valence-corrected chi connectivity index (χ4v) is 5.58. The van der Waals surface area contributed by atoms with E-state index < -0.39 is 0 Å². The molecule has 5 aromatic rings. The van der Waals surface area contributed by atoms with Gasteiger partial charge in [-0.25, -0.2) is 4.98 Å². The summed E-state index contributed by atoms with van der Waals surface area (Å²) in [6.07, 6.45) is 0. The maximum absolute atomic E-state index is 5.16. The normalized spacial score (nSPS) is 14.5. The summed E-state index contributed by atoms with van der Waals surface area (Å²) >= 11 is 0. The highest BCUT2D eigenvalue weighted by Crippen LogP contribution is 2.62. The van der Waals surface area contributed by atoms with Gasteiger partial charge in [-0.3, -0.25) is 0 Å². The lowest BCUT2D eigenvalue weighted by atomic mass is 9.70. The van der Waals surface area contributed by atoms with E-state index >= 15 is 0 Å². The molecule has 0 amide bonds. The fourth-order valence-electron chi connectivity index (χ4n) is 5.58. The van der Waals surface area contributed by atoms with Crippen LogP contribution in [0.5, 0.6) is 0 Å². The summed E-state index contributed by atoms with van der Waals surface area (Å²) in [6.45, 7) is 0. The van der Waals surface area contributed by atoms with Crippen LogP contribution in [-0.4, -0.2) is 4.98 Å². The number of fused-ring (bicyclic) bond motifs is 11. The highest BCUT2D eigenvalue weighted by Gasteiger charge is 2.52. The molecule has 1 heteroatoms. The Kier molecular flexibility index (Phi) is 2.74. The number of benzene rings is 4. The van der Waals surface area contributed by atoms with Crippen LogP contribution in [0, 0.1) is 0 Å². The van der Waals surface area contributed by atoms with Crippen LogP contribution in [0.3, 0.4) is 0 Å². The lowest BCUT2D eigenvalue weighted by Crippen LogP contribution is -2.25. The Labute approximate surface area is 169 Å². The number of aromatic nitrogens is 1. The predicted octanol–water partition coefficient (Wildman–Crippen LogP) is 6.58. The van der Waals surface area contributed by atoms with Gasteiger partial charge in [-0.05, 0) is 45.5 Å². The fraction of sp³-hybridized carbons (Fsp3) is 0.0357. The zero-order chi connectivity index (χ0) is 19.0. The molecule has 0 N–H and O–H groups in total. The topological polar surface area (TPSA) is 12.9 Å². The van der Waals surface area contributed by atoms with Crippen LogP contribution in [0.25, 0.3) is 33.3 Å². The molecule has 0 saturated heterocycles. The molecule has 0 atom stereocenters. The molecule has 2 aliphatic carbocycles. The number of hydrogen-bond donors (Lipinski definition) is 0. The second kappa shape index (κ2) is 5.21. The summed E-state index contributed by atoms with van der Waals surface area (Å²) in [5, 5.41) is 1.19. The Hall–Kier alpha value is -3.71. The number of pyridine rings is 1. The smallest absolute Gasteiger partial charge is 0.0761 e. The molecule has 4 aromatic carbocycles. The van der Waals surface area contributed by atoms with E-state index in [9.17, 15) is 0 Å². The summed E-state index contributed by atoms with van der Waals surface area (Å²) in [6, 6.07) is 37.4. The van der Waals surface area contributed by atoms with E-state index in [4.69, 9.17) is 4.98 Å². The van der Waals surface area contributed by atoms with Crippen molar-refractivity contribution in [1.29, 1.82) is 0 Å². The summed E-state index contributed by atoms with van der Waals surface area (Å²) in [5.74, 6) is 0. The van der Waals surface area contributed by atoms with Crippen molar-refractivity contribution in [3.8, 4) is 22.4 Å². The second-order valence-corrected chi connectivity index (χ2v) is 7.96. The first-order valence-corrected chi connectivity index (χ1v) is 10.1. The van der Waals surface area contributed by atoms with Crippen molar-refractivity contribution in [2.24, 2.45) is 0 Å². The minimum Gasteiger partial charge on any atom is -0.247 e. The Bertz CT molecular complexity index is 1420. The van der Waals surface area contributed by atoms with Gasteiger partial charge < -0.3 is 0 Å². The molecule has 2 aliphatic rings. The largest absolute Gasteiger partial charge is 0.247 e. The third kappa shape index (κ3) is 1.70. The average Bonchev–Trinajstić information content (AvgIpc) is 3.25. The minimum absolute atomic E-state index is 0.295. The SMILES string of the molecule is c1ccc2c(c1)-c1ccccc1C21c2ccccc2-c2nc3ccccc3cc21. The van der Waals surface area contributed by atoms with Gasteiger partial charge in [-0.15, -0.1) is 0 Å². The summed E-state index contributed by atoms with van der Waals surface area (Å²) in [5.41, 5.74) is 11.2. The molecule has 0 radical (unpaired) electrons. The molecule has 0 bridgehead atoms. The van der Waals surface area contributed by atoms with Crippen LogP contribution in [0.2, 0.25) is 0 Å². The van der Waals surface area contributed by atoms with Gasteiger partial charge in [-0.2, -0.15) is 0 Å². The Balaban J connectivity index is 1.74. The molecule has 0 saturated carbocycles. The minimum atomic E-state index is -0.295. The van der Waals surface area contributed by atoms with Gasteiger partial charge in [0.15, 0.2) is 0 Å². The third-order valence-electron chi connectivity index (χ3n) is 6.67. The van der Waals surface area contributed by atoms with Crippen LogP contribution < -0.4 is 0 Å². The maximum atomic E-state index is 5.16. The average molecular weight is 367 g/mol. The number of nitrogens with zero attached hydrogens (tertiary/aromatic N) is 1. The summed E-state index contributed by atoms with van der Waals surface area (Å²) in [7, 11) is 0. The van der Waals surface area contributed by atoms with Crippen LogP contribution in [0.4, 0.5) is 0 Å². The van der Waals surface area contributed by atoms with E-state index in [1.165, 1.54) is 44.3 Å². The number of hydrogen-bond acceptors (Lipinski definition) is 1. The molecule has 1 nitrogen and oxygen atoms in total. The van der Waals surface area contributed by atoms with Gasteiger partial charge in [0.1, 0.15) is 0 Å². The summed E-state index contributed by atoms with van der Waals surface area (Å²) in [4.78, 5) is 5.16. The predicted molar refractivity (Wildman–Crippen MR) is 118 cm³/mol. The van der Waals surface area contributed by atoms with Crippen molar-refractivity contribution in [2.75, 3.05) is 0 Å². The highest BCUT2D eigenvalue weighted by atomic mass is 14.7. The quantitative estimate of drug-likeness (QED) is 0.295. The molecule has 0 fully saturated rings. The molecule has 134 valence electrons. The van der Waals surface area contributed by atoms with Crippen LogP contribution in [-0.2, 0) is 5.41 Å². The van der Waals surface area contributed by atoms with E-state index in [1.54, 1.807) is 0 Å². The van der Waals surface area contributed by atoms with Gasteiger partial charge >= 0.3 is 0 Å². The molecular weight excluding hydrogens is 350 g/mol. The standard InChI is InChI=1S/C28H17N/c1-8-16-26-18(9-1)17-25-27(29-26)21-12-4-7-15-24(21)28(25)22-13-5-2-10-19(22)20-11-3-6-14-23(20)28/h1-17H. The number of para-hydroxylation sites is 1. The van der Waals surface area contributed by atoms with Crippen LogP contribution >= 0.6 is 0 Å². The monoisotopic (exact) mass is 367 g/mol. The van der Waals surface area contributed by atoms with Gasteiger partial charge in [0.05, 0.1) is 16.6 Å². The van der Waals surface area contributed by atoms with Gasteiger partial charge in [0, 0.05) is 10.9 Å². The zero-order valence-corrected chi connectivity index (χ0v) is 15.8. The zero-order valence-electron chi connectivity index (χ0n) is 15.8. The molecule has 1 spiro atoms. The highest BCUT2D eigenvalue weighted by molar-refractivity contribution is 5.96. The van der Waals surface area contributed by atoms with E-state index in [0.717, 1.165) is 11.2 Å². The molecule has 1 aromatic heterocycles. The Morgan fingerprint density at radius 1 is 0.483 bits per heavy atom. The van der Waals surface area contributed by atoms with Crippen LogP contribution in [0.15, 0.2) is 103 Å². The van der Waals surface area contributed by atoms with Crippen molar-refractivity contribution < 1.29 is 0 Å². The van der Waals surface area contributed by atoms with E-state index in [-0.39, 0.29) is 5.41 Å². The molecule has 1 heterocycles. The lowest BCUT2D eigenvalue weighted by molar-refractivity contribution is 0.793. The van der Waals surface area contributed by atoms with Crippen molar-refractivity contribution >= 4 is 10.9 Å². The molecule has 0 aliphatic heterocycles. The van der Waals surface area contributed by atoms with Crippen molar-refractivity contribution in [3.63, 3.8) is 0 Å². The molecule has 7 rings (SSSR count). The molecular formula is C28H17N. The lowest BCUT2D eigenvalue weighted by Gasteiger charge is -2.30. The van der Waals surface area contributed by atoms with Crippen molar-refractivity contribution in [2.45, 2.75) is 5.41 Å². The molecule has 0 unspecified atom stereocenters. The van der Waals surface area contributed by atoms with E-state index in [0.29, 0.717) is 0 Å². The Morgan fingerprint density at radius 2 is 1.00 bits per heavy atom. The van der Waals surface area contributed by atoms with Gasteiger partial charge in [-0.1, -0.05) is 91.0 Å². The second-order valence-electron chi connectivity index (χ2n) is 7.96. The maximum Gasteiger partial charge on any atom is 0.0761 e. The summed E-state index contributed by atoms with van der Waals surface area (Å²) < 4.78 is 0. The van der Waals surface area contributed by atoms with Gasteiger partial charge in [0.2, 0.25) is 0 Å². The van der Waals surface area contributed by atoms with E-state index in [2.05, 4.69) is 103 Å². The third-order valence-corrected chi connectivity index (χ3v) is 6.67. The first-order chi connectivity index (χ1) is 14.4. The number of rotatable bonds is 0.